The van der Waals surface area contributed by atoms with Crippen molar-refractivity contribution >= 4 is 5.97 Å². The summed E-state index contributed by atoms with van der Waals surface area (Å²) < 4.78 is 5.54. The molecule has 1 aliphatic carbocycles. The van der Waals surface area contributed by atoms with Gasteiger partial charge in [0, 0.05) is 6.08 Å². The summed E-state index contributed by atoms with van der Waals surface area (Å²) in [5.74, 6) is 0.340. The van der Waals surface area contributed by atoms with Crippen LogP contribution in [0.15, 0.2) is 12.7 Å². The Labute approximate surface area is 144 Å². The van der Waals surface area contributed by atoms with Crippen molar-refractivity contribution in [2.24, 2.45) is 5.92 Å². The second-order valence-electron chi connectivity index (χ2n) is 7.19. The molecule has 2 nitrogen and oxygen atoms in total. The summed E-state index contributed by atoms with van der Waals surface area (Å²) in [5, 5.41) is 0. The average Bonchev–Trinajstić information content (AvgIpc) is 2.57. The van der Waals surface area contributed by atoms with Crippen LogP contribution in [-0.2, 0) is 9.53 Å². The molecule has 0 bridgehead atoms. The van der Waals surface area contributed by atoms with Gasteiger partial charge < -0.3 is 4.74 Å². The summed E-state index contributed by atoms with van der Waals surface area (Å²) in [7, 11) is 0. The molecule has 0 heterocycles. The van der Waals surface area contributed by atoms with E-state index in [1.165, 1.54) is 96.0 Å². The van der Waals surface area contributed by atoms with Crippen LogP contribution in [0.3, 0.4) is 0 Å². The first kappa shape index (κ1) is 20.3. The molecule has 1 saturated carbocycles. The molecule has 0 radical (unpaired) electrons. The van der Waals surface area contributed by atoms with E-state index in [0.717, 1.165) is 6.42 Å². The maximum absolute atomic E-state index is 11.4. The lowest BCUT2D eigenvalue weighted by molar-refractivity contribution is -0.147. The quantitative estimate of drug-likeness (QED) is 0.217. The van der Waals surface area contributed by atoms with Gasteiger partial charge in [-0.15, -0.1) is 0 Å². The summed E-state index contributed by atoms with van der Waals surface area (Å²) in [6, 6.07) is 0. The largest absolute Gasteiger partial charge is 0.459 e. The van der Waals surface area contributed by atoms with Gasteiger partial charge in [-0.1, -0.05) is 84.1 Å². The van der Waals surface area contributed by atoms with Crippen LogP contribution >= 0.6 is 0 Å². The van der Waals surface area contributed by atoms with Gasteiger partial charge in [0.2, 0.25) is 0 Å². The predicted octanol–water partition coefficient (Wildman–Crippen LogP) is 6.59. The zero-order valence-corrected chi connectivity index (χ0v) is 15.4. The van der Waals surface area contributed by atoms with Crippen molar-refractivity contribution in [2.75, 3.05) is 0 Å². The van der Waals surface area contributed by atoms with Crippen LogP contribution in [0.5, 0.6) is 0 Å². The van der Waals surface area contributed by atoms with Crippen molar-refractivity contribution in [1.29, 1.82) is 0 Å². The van der Waals surface area contributed by atoms with Crippen LogP contribution in [0.2, 0.25) is 0 Å². The van der Waals surface area contributed by atoms with Gasteiger partial charge in [-0.2, -0.15) is 0 Å². The third-order valence-electron chi connectivity index (χ3n) is 5.20. The monoisotopic (exact) mass is 322 g/mol. The van der Waals surface area contributed by atoms with E-state index in [0.29, 0.717) is 5.92 Å². The van der Waals surface area contributed by atoms with Crippen molar-refractivity contribution < 1.29 is 9.53 Å². The molecule has 2 unspecified atom stereocenters. The SMILES string of the molecule is C=CC(=O)OC1CCCCC1CCCCCCCCCCCC. The van der Waals surface area contributed by atoms with Crippen molar-refractivity contribution in [3.05, 3.63) is 12.7 Å². The number of carbonyl (C=O) groups excluding carboxylic acids is 1. The number of rotatable bonds is 13. The highest BCUT2D eigenvalue weighted by molar-refractivity contribution is 5.81. The minimum Gasteiger partial charge on any atom is -0.459 e. The highest BCUT2D eigenvalue weighted by Crippen LogP contribution is 2.31. The van der Waals surface area contributed by atoms with Crippen molar-refractivity contribution in [3.8, 4) is 0 Å². The highest BCUT2D eigenvalue weighted by Gasteiger charge is 2.27. The van der Waals surface area contributed by atoms with E-state index in [4.69, 9.17) is 4.74 Å². The molecule has 0 amide bonds. The van der Waals surface area contributed by atoms with Crippen molar-refractivity contribution in [2.45, 2.75) is 109 Å². The van der Waals surface area contributed by atoms with E-state index < -0.39 is 0 Å². The van der Waals surface area contributed by atoms with Crippen LogP contribution in [-0.4, -0.2) is 12.1 Å². The van der Waals surface area contributed by atoms with E-state index in [2.05, 4.69) is 13.5 Å². The van der Waals surface area contributed by atoms with Gasteiger partial charge in [-0.25, -0.2) is 4.79 Å². The average molecular weight is 323 g/mol. The topological polar surface area (TPSA) is 26.3 Å². The fourth-order valence-electron chi connectivity index (χ4n) is 3.75. The zero-order valence-electron chi connectivity index (χ0n) is 15.4. The Bertz CT molecular complexity index is 311. The van der Waals surface area contributed by atoms with Crippen molar-refractivity contribution in [1.82, 2.24) is 0 Å². The van der Waals surface area contributed by atoms with Gasteiger partial charge in [0.1, 0.15) is 6.10 Å². The molecular weight excluding hydrogens is 284 g/mol. The molecule has 0 saturated heterocycles. The lowest BCUT2D eigenvalue weighted by Crippen LogP contribution is -2.29. The molecular formula is C21H38O2. The Morgan fingerprint density at radius 3 is 2.13 bits per heavy atom. The fourth-order valence-corrected chi connectivity index (χ4v) is 3.75. The molecule has 23 heavy (non-hydrogen) atoms. The predicted molar refractivity (Wildman–Crippen MR) is 98.5 cm³/mol. The third kappa shape index (κ3) is 9.84. The van der Waals surface area contributed by atoms with E-state index in [1.807, 2.05) is 0 Å². The molecule has 2 atom stereocenters. The molecule has 0 aliphatic heterocycles. The zero-order chi connectivity index (χ0) is 16.8. The summed E-state index contributed by atoms with van der Waals surface area (Å²) in [6.45, 7) is 5.78. The lowest BCUT2D eigenvalue weighted by atomic mass is 9.83. The molecule has 1 aliphatic rings. The second kappa shape index (κ2) is 13.6. The van der Waals surface area contributed by atoms with Gasteiger partial charge in [0.05, 0.1) is 0 Å². The smallest absolute Gasteiger partial charge is 0.330 e. The molecule has 0 spiro atoms. The van der Waals surface area contributed by atoms with Crippen LogP contribution in [0.4, 0.5) is 0 Å². The summed E-state index contributed by atoms with van der Waals surface area (Å²) in [5.41, 5.74) is 0. The minimum atomic E-state index is -0.245. The molecule has 0 aromatic heterocycles. The van der Waals surface area contributed by atoms with Gasteiger partial charge in [0.15, 0.2) is 0 Å². The lowest BCUT2D eigenvalue weighted by Gasteiger charge is -2.30. The third-order valence-corrected chi connectivity index (χ3v) is 5.20. The molecule has 0 N–H and O–H groups in total. The molecule has 0 aromatic rings. The number of esters is 1. The summed E-state index contributed by atoms with van der Waals surface area (Å²) in [4.78, 5) is 11.4. The Morgan fingerprint density at radius 2 is 1.52 bits per heavy atom. The molecule has 2 heteroatoms. The summed E-state index contributed by atoms with van der Waals surface area (Å²) >= 11 is 0. The molecule has 1 fully saturated rings. The normalized spacial score (nSPS) is 21.1. The molecule has 0 aromatic carbocycles. The highest BCUT2D eigenvalue weighted by atomic mass is 16.5. The Balaban J connectivity index is 2.02. The number of ether oxygens (including phenoxy) is 1. The first-order chi connectivity index (χ1) is 11.3. The molecule has 1 rings (SSSR count). The van der Waals surface area contributed by atoms with Crippen LogP contribution in [0.25, 0.3) is 0 Å². The van der Waals surface area contributed by atoms with Gasteiger partial charge in [0.25, 0.3) is 0 Å². The molecule has 134 valence electrons. The number of hydrogen-bond acceptors (Lipinski definition) is 2. The Morgan fingerprint density at radius 1 is 0.957 bits per heavy atom. The van der Waals surface area contributed by atoms with E-state index >= 15 is 0 Å². The number of hydrogen-bond donors (Lipinski definition) is 0. The second-order valence-corrected chi connectivity index (χ2v) is 7.19. The number of carbonyl (C=O) groups is 1. The van der Waals surface area contributed by atoms with Crippen LogP contribution in [0.1, 0.15) is 103 Å². The maximum Gasteiger partial charge on any atom is 0.330 e. The van der Waals surface area contributed by atoms with Gasteiger partial charge in [-0.3, -0.25) is 0 Å². The van der Waals surface area contributed by atoms with E-state index in [-0.39, 0.29) is 12.1 Å². The summed E-state index contributed by atoms with van der Waals surface area (Å²) in [6.07, 6.45) is 21.3. The van der Waals surface area contributed by atoms with Crippen LogP contribution < -0.4 is 0 Å². The minimum absolute atomic E-state index is 0.146. The van der Waals surface area contributed by atoms with Gasteiger partial charge in [-0.05, 0) is 31.6 Å². The Kier molecular flexibility index (Phi) is 12.0. The first-order valence-corrected chi connectivity index (χ1v) is 10.1. The Hall–Kier alpha value is -0.790. The van der Waals surface area contributed by atoms with Crippen LogP contribution in [0, 0.1) is 5.92 Å². The van der Waals surface area contributed by atoms with Gasteiger partial charge >= 0.3 is 5.97 Å². The first-order valence-electron chi connectivity index (χ1n) is 10.1. The van der Waals surface area contributed by atoms with E-state index in [1.54, 1.807) is 0 Å². The van der Waals surface area contributed by atoms with Crippen molar-refractivity contribution in [3.63, 3.8) is 0 Å². The standard InChI is InChI=1S/C21H38O2/c1-3-5-6-7-8-9-10-11-12-13-16-19-17-14-15-18-20(19)23-21(22)4-2/h4,19-20H,2-3,5-18H2,1H3. The number of unbranched alkanes of at least 4 members (excludes halogenated alkanes) is 9. The van der Waals surface area contributed by atoms with E-state index in [9.17, 15) is 4.79 Å². The maximum atomic E-state index is 11.4. The fraction of sp³-hybridized carbons (Fsp3) is 0.857.